The van der Waals surface area contributed by atoms with E-state index in [0.717, 1.165) is 27.6 Å². The van der Waals surface area contributed by atoms with Crippen molar-refractivity contribution in [1.82, 2.24) is 4.57 Å². The van der Waals surface area contributed by atoms with Crippen molar-refractivity contribution >= 4 is 65.3 Å². The van der Waals surface area contributed by atoms with Crippen LogP contribution in [0.2, 0.25) is 0 Å². The largest absolute Gasteiger partial charge is 0.456 e. The van der Waals surface area contributed by atoms with E-state index in [1.807, 2.05) is 12.1 Å². The Morgan fingerprint density at radius 3 is 1.33 bits per heavy atom. The van der Waals surface area contributed by atoms with Gasteiger partial charge in [-0.2, -0.15) is 0 Å². The Bertz CT molecular complexity index is 3500. The van der Waals surface area contributed by atoms with Gasteiger partial charge in [-0.25, -0.2) is 0 Å². The molecule has 0 aliphatic rings. The molecule has 270 valence electrons. The Kier molecular flexibility index (Phi) is 7.26. The summed E-state index contributed by atoms with van der Waals surface area (Å²) < 4.78 is 8.64. The zero-order chi connectivity index (χ0) is 38.2. The fraction of sp³-hybridized carbons (Fsp3) is 0. The maximum Gasteiger partial charge on any atom is 0.135 e. The van der Waals surface area contributed by atoms with Gasteiger partial charge >= 0.3 is 0 Å². The summed E-state index contributed by atoms with van der Waals surface area (Å²) in [5.41, 5.74) is 15.0. The van der Waals surface area contributed by atoms with E-state index < -0.39 is 0 Å². The van der Waals surface area contributed by atoms with Gasteiger partial charge < -0.3 is 8.98 Å². The van der Waals surface area contributed by atoms with Crippen LogP contribution in [0.4, 0.5) is 0 Å². The minimum absolute atomic E-state index is 0.908. The third-order valence-electron chi connectivity index (χ3n) is 12.0. The van der Waals surface area contributed by atoms with Crippen LogP contribution in [0.3, 0.4) is 0 Å². The number of para-hydroxylation sites is 1. The third kappa shape index (κ3) is 5.05. The van der Waals surface area contributed by atoms with Crippen LogP contribution in [-0.4, -0.2) is 4.57 Å². The number of fused-ring (bicyclic) bond motifs is 8. The predicted octanol–water partition coefficient (Wildman–Crippen LogP) is 15.7. The lowest BCUT2D eigenvalue weighted by molar-refractivity contribution is 0.669. The molecule has 12 aromatic rings. The molecule has 0 amide bonds. The van der Waals surface area contributed by atoms with Crippen LogP contribution in [0.15, 0.2) is 217 Å². The van der Waals surface area contributed by atoms with Crippen LogP contribution in [0.1, 0.15) is 0 Å². The average Bonchev–Trinajstić information content (AvgIpc) is 3.83. The smallest absolute Gasteiger partial charge is 0.135 e. The van der Waals surface area contributed by atoms with E-state index in [-0.39, 0.29) is 0 Å². The fourth-order valence-electron chi connectivity index (χ4n) is 9.35. The van der Waals surface area contributed by atoms with Gasteiger partial charge in [0.15, 0.2) is 0 Å². The molecule has 58 heavy (non-hydrogen) atoms. The lowest BCUT2D eigenvalue weighted by Gasteiger charge is -2.18. The number of hydrogen-bond acceptors (Lipinski definition) is 1. The molecule has 0 saturated heterocycles. The number of furan rings is 1. The van der Waals surface area contributed by atoms with E-state index in [9.17, 15) is 0 Å². The van der Waals surface area contributed by atoms with E-state index in [4.69, 9.17) is 4.42 Å². The molecule has 2 heteroatoms. The normalized spacial score (nSPS) is 11.8. The van der Waals surface area contributed by atoms with Crippen molar-refractivity contribution in [2.24, 2.45) is 0 Å². The molecular weight excluding hydrogens is 703 g/mol. The molecule has 0 radical (unpaired) electrons. The Labute approximate surface area is 335 Å². The molecule has 0 bridgehead atoms. The first-order chi connectivity index (χ1) is 28.8. The molecule has 2 heterocycles. The summed E-state index contributed by atoms with van der Waals surface area (Å²) in [6.07, 6.45) is 0. The number of aromatic nitrogens is 1. The Hall–Kier alpha value is -7.68. The maximum atomic E-state index is 6.19. The van der Waals surface area contributed by atoms with E-state index in [1.54, 1.807) is 0 Å². The summed E-state index contributed by atoms with van der Waals surface area (Å²) in [6, 6.07) is 77.1. The van der Waals surface area contributed by atoms with Gasteiger partial charge in [0, 0.05) is 27.2 Å². The zero-order valence-corrected chi connectivity index (χ0v) is 31.6. The first-order valence-electron chi connectivity index (χ1n) is 19.9. The number of hydrogen-bond donors (Lipinski definition) is 0. The van der Waals surface area contributed by atoms with Crippen LogP contribution in [0.25, 0.3) is 115 Å². The quantitative estimate of drug-likeness (QED) is 0.161. The molecule has 0 aliphatic carbocycles. The minimum Gasteiger partial charge on any atom is -0.456 e. The van der Waals surface area contributed by atoms with Crippen LogP contribution < -0.4 is 0 Å². The first kappa shape index (κ1) is 32.6. The average molecular weight is 738 g/mol. The fourth-order valence-corrected chi connectivity index (χ4v) is 9.35. The van der Waals surface area contributed by atoms with Crippen molar-refractivity contribution in [2.75, 3.05) is 0 Å². The predicted molar refractivity (Wildman–Crippen MR) is 245 cm³/mol. The van der Waals surface area contributed by atoms with E-state index in [1.165, 1.54) is 87.9 Å². The summed E-state index contributed by atoms with van der Waals surface area (Å²) in [7, 11) is 0. The van der Waals surface area contributed by atoms with Gasteiger partial charge in [-0.1, -0.05) is 158 Å². The second kappa shape index (κ2) is 12.9. The summed E-state index contributed by atoms with van der Waals surface area (Å²) in [5, 5.41) is 9.73. The number of benzene rings is 10. The molecule has 2 aromatic heterocycles. The summed E-state index contributed by atoms with van der Waals surface area (Å²) in [5.74, 6) is 0. The van der Waals surface area contributed by atoms with Crippen molar-refractivity contribution in [2.45, 2.75) is 0 Å². The molecular formula is C56H35NO. The molecule has 0 N–H and O–H groups in total. The van der Waals surface area contributed by atoms with Crippen molar-refractivity contribution < 1.29 is 4.42 Å². The van der Waals surface area contributed by atoms with Gasteiger partial charge in [0.1, 0.15) is 11.2 Å². The maximum absolute atomic E-state index is 6.19. The molecule has 0 saturated carbocycles. The summed E-state index contributed by atoms with van der Waals surface area (Å²) in [6.45, 7) is 0. The Morgan fingerprint density at radius 2 is 0.707 bits per heavy atom. The van der Waals surface area contributed by atoms with Crippen LogP contribution in [0.5, 0.6) is 0 Å². The summed E-state index contributed by atoms with van der Waals surface area (Å²) in [4.78, 5) is 0. The zero-order valence-electron chi connectivity index (χ0n) is 31.6. The topological polar surface area (TPSA) is 18.1 Å². The highest BCUT2D eigenvalue weighted by atomic mass is 16.3. The van der Waals surface area contributed by atoms with E-state index in [0.29, 0.717) is 0 Å². The van der Waals surface area contributed by atoms with Crippen LogP contribution in [-0.2, 0) is 0 Å². The third-order valence-corrected chi connectivity index (χ3v) is 12.0. The molecule has 0 unspecified atom stereocenters. The van der Waals surface area contributed by atoms with Crippen molar-refractivity contribution in [1.29, 1.82) is 0 Å². The van der Waals surface area contributed by atoms with Gasteiger partial charge in [-0.3, -0.25) is 0 Å². The lowest BCUT2D eigenvalue weighted by Crippen LogP contribution is -1.95. The molecule has 0 aliphatic heterocycles. The van der Waals surface area contributed by atoms with Crippen LogP contribution in [0, 0.1) is 0 Å². The second-order valence-electron chi connectivity index (χ2n) is 15.2. The minimum atomic E-state index is 0.908. The Morgan fingerprint density at radius 1 is 0.259 bits per heavy atom. The van der Waals surface area contributed by atoms with E-state index in [2.05, 4.69) is 205 Å². The van der Waals surface area contributed by atoms with Crippen LogP contribution >= 0.6 is 0 Å². The van der Waals surface area contributed by atoms with E-state index >= 15 is 0 Å². The SMILES string of the molecule is c1ccc(-c2ccc3c(c2)c2cc(-c4ccc5oc6ccccc6c5c4)ccc2n3-c2cccc(-c3c4ccccc4c(-c4ccccc4)c4ccccc34)c2)cc1. The van der Waals surface area contributed by atoms with Gasteiger partial charge in [-0.15, -0.1) is 0 Å². The highest BCUT2D eigenvalue weighted by molar-refractivity contribution is 6.21. The lowest BCUT2D eigenvalue weighted by atomic mass is 9.86. The monoisotopic (exact) mass is 737 g/mol. The number of rotatable bonds is 5. The summed E-state index contributed by atoms with van der Waals surface area (Å²) >= 11 is 0. The molecule has 0 atom stereocenters. The van der Waals surface area contributed by atoms with Crippen molar-refractivity contribution in [3.05, 3.63) is 212 Å². The van der Waals surface area contributed by atoms with Gasteiger partial charge in [0.05, 0.1) is 11.0 Å². The highest BCUT2D eigenvalue weighted by Crippen LogP contribution is 2.45. The molecule has 0 fully saturated rings. The van der Waals surface area contributed by atoms with Crippen molar-refractivity contribution in [3.8, 4) is 50.2 Å². The van der Waals surface area contributed by atoms with Gasteiger partial charge in [-0.05, 0) is 121 Å². The number of nitrogens with zero attached hydrogens (tertiary/aromatic N) is 1. The highest BCUT2D eigenvalue weighted by Gasteiger charge is 2.19. The molecule has 0 spiro atoms. The van der Waals surface area contributed by atoms with Gasteiger partial charge in [0.25, 0.3) is 0 Å². The first-order valence-corrected chi connectivity index (χ1v) is 19.9. The van der Waals surface area contributed by atoms with Crippen molar-refractivity contribution in [3.63, 3.8) is 0 Å². The van der Waals surface area contributed by atoms with Gasteiger partial charge in [0.2, 0.25) is 0 Å². The molecule has 2 nitrogen and oxygen atoms in total. The Balaban J connectivity index is 1.09. The second-order valence-corrected chi connectivity index (χ2v) is 15.2. The molecule has 10 aromatic carbocycles. The molecule has 12 rings (SSSR count). The standard InChI is InChI=1S/C56H35NO/c1-3-14-36(15-4-1)38-26-29-51-48(33-38)49-34-39(40-28-31-54-50(35-40)43-20-11-12-25-53(43)58-54)27-30-52(49)57(51)42-19-13-18-41(32-42)56-46-23-9-7-21-44(46)55(37-16-5-2-6-17-37)45-22-8-10-24-47(45)56/h1-35H.